The van der Waals surface area contributed by atoms with E-state index in [4.69, 9.17) is 9.47 Å². The summed E-state index contributed by atoms with van der Waals surface area (Å²) in [5, 5.41) is 17.1. The molecule has 0 unspecified atom stereocenters. The van der Waals surface area contributed by atoms with Crippen molar-refractivity contribution in [2.75, 3.05) is 17.9 Å². The molecule has 0 saturated carbocycles. The standard InChI is InChI=1S/C15H13N5O3S2/c21-14(16-10-3-4-12-13(6-10)23-9-22-12)8-25-15-17-18-19-20(15)7-11-2-1-5-24-11/h1-6H,7-9H2,(H,16,21). The Labute approximate surface area is 151 Å². The van der Waals surface area contributed by atoms with Crippen LogP contribution in [0.3, 0.4) is 0 Å². The molecule has 2 aromatic heterocycles. The molecule has 1 aliphatic rings. The average Bonchev–Trinajstić information content (AvgIpc) is 3.35. The fraction of sp³-hybridized carbons (Fsp3) is 0.200. The van der Waals surface area contributed by atoms with Crippen molar-refractivity contribution in [1.29, 1.82) is 0 Å². The molecule has 0 radical (unpaired) electrons. The molecule has 3 heterocycles. The molecule has 10 heteroatoms. The third-order valence-corrected chi connectivity index (χ3v) is 5.19. The first-order valence-electron chi connectivity index (χ1n) is 7.39. The predicted molar refractivity (Wildman–Crippen MR) is 93.2 cm³/mol. The van der Waals surface area contributed by atoms with E-state index >= 15 is 0 Å². The Kier molecular flexibility index (Phi) is 4.53. The van der Waals surface area contributed by atoms with Crippen LogP contribution in [0.15, 0.2) is 40.9 Å². The molecular weight excluding hydrogens is 362 g/mol. The summed E-state index contributed by atoms with van der Waals surface area (Å²) in [6.45, 7) is 0.798. The van der Waals surface area contributed by atoms with Crippen LogP contribution in [0.4, 0.5) is 5.69 Å². The number of thiophene rings is 1. The number of carbonyl (C=O) groups excluding carboxylic acids is 1. The SMILES string of the molecule is O=C(CSc1nnnn1Cc1cccs1)Nc1ccc2c(c1)OCO2. The molecule has 1 aromatic carbocycles. The first-order valence-corrected chi connectivity index (χ1v) is 9.25. The van der Waals surface area contributed by atoms with Crippen LogP contribution >= 0.6 is 23.1 Å². The number of aromatic nitrogens is 4. The molecule has 4 rings (SSSR count). The van der Waals surface area contributed by atoms with Gasteiger partial charge in [0.05, 0.1) is 12.3 Å². The Bertz CT molecular complexity index is 881. The summed E-state index contributed by atoms with van der Waals surface area (Å²) in [5.41, 5.74) is 0.660. The Morgan fingerprint density at radius 2 is 2.24 bits per heavy atom. The van der Waals surface area contributed by atoms with Gasteiger partial charge in [0, 0.05) is 16.6 Å². The number of thioether (sulfide) groups is 1. The van der Waals surface area contributed by atoms with Crippen LogP contribution in [0.25, 0.3) is 0 Å². The molecule has 0 atom stereocenters. The minimum Gasteiger partial charge on any atom is -0.454 e. The number of hydrogen-bond donors (Lipinski definition) is 1. The third kappa shape index (κ3) is 3.74. The van der Waals surface area contributed by atoms with Crippen molar-refractivity contribution in [3.8, 4) is 11.5 Å². The second-order valence-electron chi connectivity index (χ2n) is 5.10. The highest BCUT2D eigenvalue weighted by atomic mass is 32.2. The number of tetrazole rings is 1. The number of hydrogen-bond acceptors (Lipinski definition) is 8. The fourth-order valence-electron chi connectivity index (χ4n) is 2.25. The molecule has 1 N–H and O–H groups in total. The van der Waals surface area contributed by atoms with E-state index in [2.05, 4.69) is 20.8 Å². The molecule has 128 valence electrons. The van der Waals surface area contributed by atoms with Gasteiger partial charge >= 0.3 is 0 Å². The zero-order chi connectivity index (χ0) is 17.1. The van der Waals surface area contributed by atoms with Crippen molar-refractivity contribution < 1.29 is 14.3 Å². The van der Waals surface area contributed by atoms with Crippen molar-refractivity contribution in [2.45, 2.75) is 11.7 Å². The van der Waals surface area contributed by atoms with E-state index in [9.17, 15) is 4.79 Å². The first-order chi connectivity index (χ1) is 12.3. The van der Waals surface area contributed by atoms with Gasteiger partial charge < -0.3 is 14.8 Å². The number of benzene rings is 1. The fourth-order valence-corrected chi connectivity index (χ4v) is 3.61. The third-order valence-electron chi connectivity index (χ3n) is 3.37. The van der Waals surface area contributed by atoms with E-state index in [-0.39, 0.29) is 18.5 Å². The van der Waals surface area contributed by atoms with Crippen LogP contribution in [0.5, 0.6) is 11.5 Å². The van der Waals surface area contributed by atoms with Crippen molar-refractivity contribution >= 4 is 34.7 Å². The van der Waals surface area contributed by atoms with Gasteiger partial charge in [-0.1, -0.05) is 17.8 Å². The lowest BCUT2D eigenvalue weighted by atomic mass is 10.3. The number of fused-ring (bicyclic) bond motifs is 1. The maximum Gasteiger partial charge on any atom is 0.234 e. The molecule has 1 aliphatic heterocycles. The highest BCUT2D eigenvalue weighted by Gasteiger charge is 2.15. The van der Waals surface area contributed by atoms with E-state index in [0.717, 1.165) is 4.88 Å². The van der Waals surface area contributed by atoms with Gasteiger partial charge in [-0.25, -0.2) is 4.68 Å². The molecule has 8 nitrogen and oxygen atoms in total. The van der Waals surface area contributed by atoms with E-state index in [1.165, 1.54) is 11.8 Å². The summed E-state index contributed by atoms with van der Waals surface area (Å²) >= 11 is 2.93. The quantitative estimate of drug-likeness (QED) is 0.661. The topological polar surface area (TPSA) is 91.2 Å². The van der Waals surface area contributed by atoms with Gasteiger partial charge in [0.15, 0.2) is 11.5 Å². The molecular formula is C15H13N5O3S2. The van der Waals surface area contributed by atoms with Crippen LogP contribution in [-0.4, -0.2) is 38.7 Å². The maximum absolute atomic E-state index is 12.2. The number of anilines is 1. The molecule has 0 saturated heterocycles. The number of carbonyl (C=O) groups is 1. The number of ether oxygens (including phenoxy) is 2. The van der Waals surface area contributed by atoms with Gasteiger partial charge in [-0.3, -0.25) is 4.79 Å². The van der Waals surface area contributed by atoms with Crippen LogP contribution in [-0.2, 0) is 11.3 Å². The molecule has 25 heavy (non-hydrogen) atoms. The Hall–Kier alpha value is -2.59. The lowest BCUT2D eigenvalue weighted by Gasteiger charge is -2.06. The van der Waals surface area contributed by atoms with Crippen molar-refractivity contribution in [3.05, 3.63) is 40.6 Å². The number of rotatable bonds is 6. The molecule has 0 fully saturated rings. The largest absolute Gasteiger partial charge is 0.454 e. The number of nitrogens with zero attached hydrogens (tertiary/aromatic N) is 4. The zero-order valence-electron chi connectivity index (χ0n) is 12.9. The zero-order valence-corrected chi connectivity index (χ0v) is 14.5. The maximum atomic E-state index is 12.2. The molecule has 0 aliphatic carbocycles. The summed E-state index contributed by atoms with van der Waals surface area (Å²) in [7, 11) is 0. The van der Waals surface area contributed by atoms with Gasteiger partial charge in [0.1, 0.15) is 0 Å². The smallest absolute Gasteiger partial charge is 0.234 e. The van der Waals surface area contributed by atoms with E-state index in [0.29, 0.717) is 28.9 Å². The van der Waals surface area contributed by atoms with Gasteiger partial charge in [0.2, 0.25) is 17.9 Å². The Morgan fingerprint density at radius 3 is 3.12 bits per heavy atom. The summed E-state index contributed by atoms with van der Waals surface area (Å²) in [4.78, 5) is 13.3. The lowest BCUT2D eigenvalue weighted by molar-refractivity contribution is -0.113. The second-order valence-corrected chi connectivity index (χ2v) is 7.08. The van der Waals surface area contributed by atoms with Gasteiger partial charge in [-0.05, 0) is 34.0 Å². The normalized spacial score (nSPS) is 12.3. The minimum atomic E-state index is -0.144. The van der Waals surface area contributed by atoms with Crippen molar-refractivity contribution in [1.82, 2.24) is 20.2 Å². The molecule has 1 amide bonds. The van der Waals surface area contributed by atoms with E-state index in [1.54, 1.807) is 34.2 Å². The summed E-state index contributed by atoms with van der Waals surface area (Å²) in [5.74, 6) is 1.37. The minimum absolute atomic E-state index is 0.144. The molecule has 0 spiro atoms. The lowest BCUT2D eigenvalue weighted by Crippen LogP contribution is -2.14. The van der Waals surface area contributed by atoms with E-state index in [1.807, 2.05) is 17.5 Å². The molecule has 0 bridgehead atoms. The first kappa shape index (κ1) is 15.9. The monoisotopic (exact) mass is 375 g/mol. The van der Waals surface area contributed by atoms with Gasteiger partial charge in [-0.2, -0.15) is 0 Å². The Balaban J connectivity index is 1.34. The van der Waals surface area contributed by atoms with Crippen LogP contribution in [0, 0.1) is 0 Å². The summed E-state index contributed by atoms with van der Waals surface area (Å²) < 4.78 is 12.2. The number of nitrogens with one attached hydrogen (secondary N) is 1. The Morgan fingerprint density at radius 1 is 1.32 bits per heavy atom. The van der Waals surface area contributed by atoms with Gasteiger partial charge in [0.25, 0.3) is 0 Å². The average molecular weight is 375 g/mol. The van der Waals surface area contributed by atoms with Crippen LogP contribution < -0.4 is 14.8 Å². The summed E-state index contributed by atoms with van der Waals surface area (Å²) in [6.07, 6.45) is 0. The van der Waals surface area contributed by atoms with Gasteiger partial charge in [-0.15, -0.1) is 16.4 Å². The van der Waals surface area contributed by atoms with Crippen LogP contribution in [0.1, 0.15) is 4.88 Å². The highest BCUT2D eigenvalue weighted by molar-refractivity contribution is 7.99. The van der Waals surface area contributed by atoms with Crippen molar-refractivity contribution in [3.63, 3.8) is 0 Å². The highest BCUT2D eigenvalue weighted by Crippen LogP contribution is 2.34. The van der Waals surface area contributed by atoms with Crippen molar-refractivity contribution in [2.24, 2.45) is 0 Å². The van der Waals surface area contributed by atoms with E-state index < -0.39 is 0 Å². The number of amides is 1. The second kappa shape index (κ2) is 7.11. The predicted octanol–water partition coefficient (Wildman–Crippen LogP) is 2.24. The summed E-state index contributed by atoms with van der Waals surface area (Å²) in [6, 6.07) is 9.29. The van der Waals surface area contributed by atoms with Crippen LogP contribution in [0.2, 0.25) is 0 Å². The molecule has 3 aromatic rings.